The van der Waals surface area contributed by atoms with E-state index in [2.05, 4.69) is 5.18 Å². The van der Waals surface area contributed by atoms with Crippen molar-refractivity contribution in [1.29, 1.82) is 0 Å². The second-order valence-corrected chi connectivity index (χ2v) is 3.68. The van der Waals surface area contributed by atoms with Gasteiger partial charge in [-0.2, -0.15) is 0 Å². The molecule has 0 fully saturated rings. The molecule has 5 nitrogen and oxygen atoms in total. The largest absolute Gasteiger partial charge is 0.494 e. The second-order valence-electron chi connectivity index (χ2n) is 3.68. The van der Waals surface area contributed by atoms with Gasteiger partial charge in [-0.05, 0) is 31.9 Å². The fourth-order valence-electron chi connectivity index (χ4n) is 1.44. The van der Waals surface area contributed by atoms with Gasteiger partial charge < -0.3 is 9.47 Å². The van der Waals surface area contributed by atoms with Crippen LogP contribution in [0.5, 0.6) is 5.75 Å². The van der Waals surface area contributed by atoms with Crippen LogP contribution in [0.2, 0.25) is 0 Å². The van der Waals surface area contributed by atoms with Crippen LogP contribution in [-0.2, 0) is 9.53 Å². The van der Waals surface area contributed by atoms with E-state index in [4.69, 9.17) is 9.47 Å². The SMILES string of the molecule is CCOC(=O)C(CCCOc1ccccc1)N=O. The molecule has 0 bridgehead atoms. The van der Waals surface area contributed by atoms with Gasteiger partial charge in [0.1, 0.15) is 5.75 Å². The minimum atomic E-state index is -0.927. The Hall–Kier alpha value is -1.91. The number of hydrogen-bond acceptors (Lipinski definition) is 5. The standard InChI is InChI=1S/C13H17NO4/c1-2-17-13(15)12(14-16)9-6-10-18-11-7-4-3-5-8-11/h3-5,7-8,12H,2,6,9-10H2,1H3. The molecule has 1 unspecified atom stereocenters. The summed E-state index contributed by atoms with van der Waals surface area (Å²) in [6.07, 6.45) is 0.916. The first-order chi connectivity index (χ1) is 8.77. The van der Waals surface area contributed by atoms with Gasteiger partial charge in [-0.3, -0.25) is 0 Å². The molecular weight excluding hydrogens is 234 g/mol. The summed E-state index contributed by atoms with van der Waals surface area (Å²) in [5.41, 5.74) is 0. The van der Waals surface area contributed by atoms with E-state index >= 15 is 0 Å². The smallest absolute Gasteiger partial charge is 0.334 e. The van der Waals surface area contributed by atoms with Gasteiger partial charge in [-0.25, -0.2) is 4.79 Å². The molecule has 5 heteroatoms. The third kappa shape index (κ3) is 4.95. The van der Waals surface area contributed by atoms with E-state index in [1.807, 2.05) is 30.3 Å². The Morgan fingerprint density at radius 1 is 1.33 bits per heavy atom. The Labute approximate surface area is 106 Å². The fraction of sp³-hybridized carbons (Fsp3) is 0.462. The highest BCUT2D eigenvalue weighted by atomic mass is 16.5. The highest BCUT2D eigenvalue weighted by Gasteiger charge is 2.19. The molecule has 1 aromatic rings. The fourth-order valence-corrected chi connectivity index (χ4v) is 1.44. The molecule has 0 aliphatic carbocycles. The maximum absolute atomic E-state index is 11.3. The Bertz CT molecular complexity index is 367. The van der Waals surface area contributed by atoms with Gasteiger partial charge in [0.25, 0.3) is 0 Å². The minimum absolute atomic E-state index is 0.255. The molecule has 1 aromatic carbocycles. The number of ether oxygens (including phenoxy) is 2. The minimum Gasteiger partial charge on any atom is -0.494 e. The molecule has 0 amide bonds. The highest BCUT2D eigenvalue weighted by molar-refractivity contribution is 5.75. The monoisotopic (exact) mass is 251 g/mol. The lowest BCUT2D eigenvalue weighted by Gasteiger charge is -2.09. The summed E-state index contributed by atoms with van der Waals surface area (Å²) in [5.74, 6) is 0.205. The summed E-state index contributed by atoms with van der Waals surface area (Å²) in [7, 11) is 0. The lowest BCUT2D eigenvalue weighted by atomic mass is 10.2. The Morgan fingerprint density at radius 2 is 2.06 bits per heavy atom. The third-order valence-electron chi connectivity index (χ3n) is 2.32. The van der Waals surface area contributed by atoms with Crippen LogP contribution >= 0.6 is 0 Å². The third-order valence-corrected chi connectivity index (χ3v) is 2.32. The van der Waals surface area contributed by atoms with Crippen LogP contribution in [0.3, 0.4) is 0 Å². The summed E-state index contributed by atoms with van der Waals surface area (Å²) in [6.45, 7) is 2.39. The normalized spacial score (nSPS) is 11.6. The van der Waals surface area contributed by atoms with Crippen molar-refractivity contribution in [2.24, 2.45) is 5.18 Å². The quantitative estimate of drug-likeness (QED) is 0.404. The average Bonchev–Trinajstić information content (AvgIpc) is 2.40. The molecule has 0 saturated carbocycles. The molecule has 0 aliphatic heterocycles. The van der Waals surface area contributed by atoms with E-state index in [1.54, 1.807) is 6.92 Å². The molecule has 0 radical (unpaired) electrons. The van der Waals surface area contributed by atoms with Crippen LogP contribution in [0.15, 0.2) is 35.5 Å². The van der Waals surface area contributed by atoms with Crippen LogP contribution < -0.4 is 4.74 Å². The van der Waals surface area contributed by atoms with Crippen molar-refractivity contribution in [3.8, 4) is 5.75 Å². The lowest BCUT2D eigenvalue weighted by molar-refractivity contribution is -0.144. The van der Waals surface area contributed by atoms with Crippen molar-refractivity contribution in [3.05, 3.63) is 35.2 Å². The highest BCUT2D eigenvalue weighted by Crippen LogP contribution is 2.10. The molecular formula is C13H17NO4. The number of carbonyl (C=O) groups is 1. The van der Waals surface area contributed by atoms with Gasteiger partial charge in [-0.1, -0.05) is 23.4 Å². The Kier molecular flexibility index (Phi) is 6.46. The van der Waals surface area contributed by atoms with Crippen LogP contribution in [0.25, 0.3) is 0 Å². The van der Waals surface area contributed by atoms with E-state index in [0.717, 1.165) is 5.75 Å². The van der Waals surface area contributed by atoms with Gasteiger partial charge in [0.05, 0.1) is 13.2 Å². The van der Waals surface area contributed by atoms with Crippen LogP contribution in [0, 0.1) is 4.91 Å². The summed E-state index contributed by atoms with van der Waals surface area (Å²) in [5, 5.41) is 2.77. The molecule has 18 heavy (non-hydrogen) atoms. The number of nitrogens with zero attached hydrogens (tertiary/aromatic N) is 1. The zero-order valence-corrected chi connectivity index (χ0v) is 10.4. The first-order valence-corrected chi connectivity index (χ1v) is 5.95. The van der Waals surface area contributed by atoms with Crippen molar-refractivity contribution in [3.63, 3.8) is 0 Å². The lowest BCUT2D eigenvalue weighted by Crippen LogP contribution is -2.21. The zero-order chi connectivity index (χ0) is 13.2. The topological polar surface area (TPSA) is 65.0 Å². The summed E-state index contributed by atoms with van der Waals surface area (Å²) in [6, 6.07) is 8.43. The zero-order valence-electron chi connectivity index (χ0n) is 10.4. The van der Waals surface area contributed by atoms with Crippen molar-refractivity contribution in [1.82, 2.24) is 0 Å². The molecule has 0 aromatic heterocycles. The van der Waals surface area contributed by atoms with Gasteiger partial charge in [0.2, 0.25) is 0 Å². The second kappa shape index (κ2) is 8.22. The summed E-state index contributed by atoms with van der Waals surface area (Å²) < 4.78 is 10.2. The number of para-hydroxylation sites is 1. The number of benzene rings is 1. The maximum atomic E-state index is 11.3. The van der Waals surface area contributed by atoms with E-state index in [-0.39, 0.29) is 6.61 Å². The number of rotatable bonds is 8. The Balaban J connectivity index is 2.23. The molecule has 1 atom stereocenters. The first kappa shape index (κ1) is 14.2. The summed E-state index contributed by atoms with van der Waals surface area (Å²) in [4.78, 5) is 21.8. The van der Waals surface area contributed by atoms with Crippen LogP contribution in [0.1, 0.15) is 19.8 Å². The molecule has 0 spiro atoms. The van der Waals surface area contributed by atoms with Crippen molar-refractivity contribution >= 4 is 5.97 Å². The summed E-state index contributed by atoms with van der Waals surface area (Å²) >= 11 is 0. The van der Waals surface area contributed by atoms with Crippen molar-refractivity contribution in [2.75, 3.05) is 13.2 Å². The van der Waals surface area contributed by atoms with Crippen LogP contribution in [0.4, 0.5) is 0 Å². The molecule has 0 saturated heterocycles. The average molecular weight is 251 g/mol. The number of carbonyl (C=O) groups excluding carboxylic acids is 1. The van der Waals surface area contributed by atoms with Crippen LogP contribution in [-0.4, -0.2) is 25.2 Å². The maximum Gasteiger partial charge on any atom is 0.334 e. The van der Waals surface area contributed by atoms with Crippen molar-refractivity contribution in [2.45, 2.75) is 25.8 Å². The van der Waals surface area contributed by atoms with Gasteiger partial charge >= 0.3 is 5.97 Å². The van der Waals surface area contributed by atoms with E-state index in [1.165, 1.54) is 0 Å². The van der Waals surface area contributed by atoms with Crippen molar-refractivity contribution < 1.29 is 14.3 Å². The Morgan fingerprint density at radius 3 is 2.67 bits per heavy atom. The van der Waals surface area contributed by atoms with E-state index in [9.17, 15) is 9.70 Å². The molecule has 0 aliphatic rings. The number of esters is 1. The predicted octanol–water partition coefficient (Wildman–Crippen LogP) is 2.54. The number of nitroso groups, excluding NO2 is 1. The molecule has 1 rings (SSSR count). The van der Waals surface area contributed by atoms with E-state index in [0.29, 0.717) is 19.4 Å². The molecule has 98 valence electrons. The van der Waals surface area contributed by atoms with E-state index < -0.39 is 12.0 Å². The first-order valence-electron chi connectivity index (χ1n) is 5.95. The number of hydrogen-bond donors (Lipinski definition) is 0. The van der Waals surface area contributed by atoms with Gasteiger partial charge in [0, 0.05) is 0 Å². The van der Waals surface area contributed by atoms with Gasteiger partial charge in [0.15, 0.2) is 6.04 Å². The van der Waals surface area contributed by atoms with Gasteiger partial charge in [-0.15, -0.1) is 4.91 Å². The molecule has 0 N–H and O–H groups in total. The molecule has 0 heterocycles. The predicted molar refractivity (Wildman–Crippen MR) is 67.4 cm³/mol.